The molecule has 0 aromatic carbocycles. The molecule has 7 nitrogen and oxygen atoms in total. The molecule has 2 fully saturated rings. The third kappa shape index (κ3) is 5.08. The van der Waals surface area contributed by atoms with Crippen molar-refractivity contribution in [1.82, 2.24) is 20.0 Å². The van der Waals surface area contributed by atoms with E-state index in [1.165, 1.54) is 0 Å². The molecule has 1 amide bonds. The maximum Gasteiger partial charge on any atom is 0.251 e. The second-order valence-corrected chi connectivity index (χ2v) is 6.82. The van der Waals surface area contributed by atoms with Crippen LogP contribution in [-0.2, 0) is 9.53 Å². The molecule has 2 unspecified atom stereocenters. The van der Waals surface area contributed by atoms with Crippen molar-refractivity contribution in [1.29, 1.82) is 0 Å². The van der Waals surface area contributed by atoms with Gasteiger partial charge in [0.2, 0.25) is 0 Å². The Labute approximate surface area is 146 Å². The first kappa shape index (κ1) is 19.0. The lowest BCUT2D eigenvalue weighted by Crippen LogP contribution is -2.55. The zero-order valence-electron chi connectivity index (χ0n) is 15.6. The molecule has 0 aliphatic carbocycles. The monoisotopic (exact) mass is 339 g/mol. The number of likely N-dealkylation sites (N-methyl/N-ethyl adjacent to an activating group) is 1. The number of hydrogen-bond acceptors (Lipinski definition) is 4. The molecule has 1 N–H and O–H groups in total. The van der Waals surface area contributed by atoms with Gasteiger partial charge in [-0.25, -0.2) is 0 Å². The number of carbonyl (C=O) groups is 1. The molecular weight excluding hydrogens is 306 g/mol. The summed E-state index contributed by atoms with van der Waals surface area (Å²) in [5.74, 6) is 1.12. The van der Waals surface area contributed by atoms with Crippen molar-refractivity contribution in [3.8, 4) is 0 Å². The fourth-order valence-corrected chi connectivity index (χ4v) is 2.92. The number of hydrogen-bond donors (Lipinski definition) is 1. The SMILES string of the molecule is CCNC(=NCC(C)N(C)C)N1CCN(C(=O)C2CCCO2)CC1. The van der Waals surface area contributed by atoms with Gasteiger partial charge in [0.15, 0.2) is 5.96 Å². The Balaban J connectivity index is 1.87. The van der Waals surface area contributed by atoms with Gasteiger partial charge in [-0.05, 0) is 40.8 Å². The molecule has 0 radical (unpaired) electrons. The van der Waals surface area contributed by atoms with Crippen molar-refractivity contribution < 1.29 is 9.53 Å². The number of carbonyl (C=O) groups excluding carboxylic acids is 1. The van der Waals surface area contributed by atoms with Gasteiger partial charge < -0.3 is 24.8 Å². The standard InChI is InChI=1S/C17H33N5O2/c1-5-18-17(19-13-14(2)20(3)4)22-10-8-21(9-11-22)16(23)15-7-6-12-24-15/h14-15H,5-13H2,1-4H3,(H,18,19). The number of ether oxygens (including phenoxy) is 1. The summed E-state index contributed by atoms with van der Waals surface area (Å²) >= 11 is 0. The van der Waals surface area contributed by atoms with Crippen LogP contribution < -0.4 is 5.32 Å². The predicted molar refractivity (Wildman–Crippen MR) is 96.3 cm³/mol. The number of piperazine rings is 1. The Hall–Kier alpha value is -1.34. The molecule has 2 aliphatic rings. The van der Waals surface area contributed by atoms with Crippen LogP contribution in [0.25, 0.3) is 0 Å². The lowest BCUT2D eigenvalue weighted by Gasteiger charge is -2.37. The summed E-state index contributed by atoms with van der Waals surface area (Å²) in [4.78, 5) is 23.6. The van der Waals surface area contributed by atoms with Crippen LogP contribution in [-0.4, -0.2) is 98.7 Å². The average molecular weight is 339 g/mol. The van der Waals surface area contributed by atoms with E-state index in [2.05, 4.69) is 43.1 Å². The lowest BCUT2D eigenvalue weighted by atomic mass is 10.2. The van der Waals surface area contributed by atoms with Gasteiger partial charge in [0.1, 0.15) is 6.10 Å². The first-order valence-corrected chi connectivity index (χ1v) is 9.13. The number of nitrogens with one attached hydrogen (secondary N) is 1. The van der Waals surface area contributed by atoms with Crippen LogP contribution in [0, 0.1) is 0 Å². The highest BCUT2D eigenvalue weighted by molar-refractivity contribution is 5.82. The van der Waals surface area contributed by atoms with E-state index in [1.807, 2.05) is 4.90 Å². The molecule has 24 heavy (non-hydrogen) atoms. The van der Waals surface area contributed by atoms with Gasteiger partial charge in [-0.1, -0.05) is 0 Å². The number of rotatable bonds is 5. The van der Waals surface area contributed by atoms with Crippen LogP contribution in [0.5, 0.6) is 0 Å². The normalized spacial score (nSPS) is 23.7. The first-order valence-electron chi connectivity index (χ1n) is 9.13. The predicted octanol–water partition coefficient (Wildman–Crippen LogP) is 0.225. The number of nitrogens with zero attached hydrogens (tertiary/aromatic N) is 4. The van der Waals surface area contributed by atoms with Crippen molar-refractivity contribution in [2.24, 2.45) is 4.99 Å². The maximum absolute atomic E-state index is 12.4. The average Bonchev–Trinajstić information content (AvgIpc) is 3.12. The van der Waals surface area contributed by atoms with E-state index in [1.54, 1.807) is 0 Å². The zero-order valence-corrected chi connectivity index (χ0v) is 15.6. The summed E-state index contributed by atoms with van der Waals surface area (Å²) in [5.41, 5.74) is 0. The molecule has 2 atom stereocenters. The molecule has 0 saturated carbocycles. The van der Waals surface area contributed by atoms with Crippen LogP contribution in [0.4, 0.5) is 0 Å². The summed E-state index contributed by atoms with van der Waals surface area (Å²) in [6.45, 7) is 9.72. The minimum absolute atomic E-state index is 0.162. The van der Waals surface area contributed by atoms with E-state index in [9.17, 15) is 4.79 Å². The molecule has 2 aliphatic heterocycles. The minimum Gasteiger partial charge on any atom is -0.368 e. The van der Waals surface area contributed by atoms with Gasteiger partial charge in [0.25, 0.3) is 5.91 Å². The van der Waals surface area contributed by atoms with Gasteiger partial charge in [-0.3, -0.25) is 9.79 Å². The van der Waals surface area contributed by atoms with E-state index in [-0.39, 0.29) is 12.0 Å². The van der Waals surface area contributed by atoms with E-state index < -0.39 is 0 Å². The fraction of sp³-hybridized carbons (Fsp3) is 0.882. The lowest BCUT2D eigenvalue weighted by molar-refractivity contribution is -0.142. The topological polar surface area (TPSA) is 60.4 Å². The Kier molecular flexibility index (Phi) is 7.30. The largest absolute Gasteiger partial charge is 0.368 e. The summed E-state index contributed by atoms with van der Waals surface area (Å²) in [6.07, 6.45) is 1.66. The Morgan fingerprint density at radius 2 is 1.96 bits per heavy atom. The van der Waals surface area contributed by atoms with Crippen molar-refractivity contribution in [3.63, 3.8) is 0 Å². The van der Waals surface area contributed by atoms with Crippen LogP contribution in [0.1, 0.15) is 26.7 Å². The van der Waals surface area contributed by atoms with Crippen molar-refractivity contribution >= 4 is 11.9 Å². The van der Waals surface area contributed by atoms with Gasteiger partial charge in [0.05, 0.1) is 6.54 Å². The quantitative estimate of drug-likeness (QED) is 0.574. The number of guanidine groups is 1. The fourth-order valence-electron chi connectivity index (χ4n) is 2.92. The van der Waals surface area contributed by atoms with Gasteiger partial charge >= 0.3 is 0 Å². The Bertz CT molecular complexity index is 427. The number of aliphatic imine (C=N–C) groups is 1. The first-order chi connectivity index (χ1) is 11.5. The van der Waals surface area contributed by atoms with E-state index >= 15 is 0 Å². The molecule has 2 saturated heterocycles. The van der Waals surface area contributed by atoms with Gasteiger partial charge in [0, 0.05) is 45.4 Å². The molecule has 0 aromatic heterocycles. The highest BCUT2D eigenvalue weighted by Gasteiger charge is 2.30. The van der Waals surface area contributed by atoms with Crippen LogP contribution in [0.3, 0.4) is 0 Å². The summed E-state index contributed by atoms with van der Waals surface area (Å²) < 4.78 is 5.52. The summed E-state index contributed by atoms with van der Waals surface area (Å²) in [6, 6.07) is 0.404. The van der Waals surface area contributed by atoms with Crippen molar-refractivity contribution in [2.45, 2.75) is 38.8 Å². The minimum atomic E-state index is -0.209. The van der Waals surface area contributed by atoms with Crippen LogP contribution >= 0.6 is 0 Å². The summed E-state index contributed by atoms with van der Waals surface area (Å²) in [5, 5.41) is 3.38. The molecule has 0 aromatic rings. The van der Waals surface area contributed by atoms with Crippen LogP contribution in [0.2, 0.25) is 0 Å². The molecular formula is C17H33N5O2. The molecule has 138 valence electrons. The Morgan fingerprint density at radius 1 is 1.29 bits per heavy atom. The zero-order chi connectivity index (χ0) is 17.5. The van der Waals surface area contributed by atoms with Gasteiger partial charge in [-0.2, -0.15) is 0 Å². The van der Waals surface area contributed by atoms with Crippen molar-refractivity contribution in [3.05, 3.63) is 0 Å². The third-order valence-electron chi connectivity index (χ3n) is 4.82. The molecule has 2 rings (SSSR count). The smallest absolute Gasteiger partial charge is 0.251 e. The second kappa shape index (κ2) is 9.22. The van der Waals surface area contributed by atoms with Gasteiger partial charge in [-0.15, -0.1) is 0 Å². The maximum atomic E-state index is 12.4. The third-order valence-corrected chi connectivity index (χ3v) is 4.82. The summed E-state index contributed by atoms with van der Waals surface area (Å²) in [7, 11) is 4.14. The molecule has 0 bridgehead atoms. The van der Waals surface area contributed by atoms with Crippen molar-refractivity contribution in [2.75, 3.05) is 60.0 Å². The molecule has 2 heterocycles. The van der Waals surface area contributed by atoms with Crippen LogP contribution in [0.15, 0.2) is 4.99 Å². The highest BCUT2D eigenvalue weighted by Crippen LogP contribution is 2.16. The van der Waals surface area contributed by atoms with E-state index in [0.29, 0.717) is 6.04 Å². The number of amides is 1. The van der Waals surface area contributed by atoms with E-state index in [4.69, 9.17) is 9.73 Å². The second-order valence-electron chi connectivity index (χ2n) is 6.82. The molecule has 7 heteroatoms. The molecule has 0 spiro atoms. The highest BCUT2D eigenvalue weighted by atomic mass is 16.5. The van der Waals surface area contributed by atoms with E-state index in [0.717, 1.165) is 64.7 Å². The Morgan fingerprint density at radius 3 is 2.50 bits per heavy atom.